The largest absolute Gasteiger partial charge is 0.322 e. The van der Waals surface area contributed by atoms with Gasteiger partial charge >= 0.3 is 0 Å². The number of benzene rings is 3. The van der Waals surface area contributed by atoms with Crippen molar-refractivity contribution in [3.63, 3.8) is 0 Å². The van der Waals surface area contributed by atoms with Crippen LogP contribution in [0.3, 0.4) is 0 Å². The number of carbonyl (C=O) groups excluding carboxylic acids is 1. The van der Waals surface area contributed by atoms with Crippen LogP contribution in [0.4, 0.5) is 5.69 Å². The molecule has 1 N–H and O–H groups in total. The van der Waals surface area contributed by atoms with Crippen LogP contribution in [0.2, 0.25) is 0 Å². The molecule has 3 aromatic carbocycles. The second kappa shape index (κ2) is 9.01. The Hall–Kier alpha value is -3.75. The number of nitrogens with one attached hydrogen (secondary N) is 1. The molecule has 0 unspecified atom stereocenters. The van der Waals surface area contributed by atoms with Gasteiger partial charge in [0, 0.05) is 31.5 Å². The van der Waals surface area contributed by atoms with Crippen LogP contribution in [0.1, 0.15) is 15.9 Å². The Bertz CT molecular complexity index is 1400. The van der Waals surface area contributed by atoms with E-state index in [9.17, 15) is 13.2 Å². The first kappa shape index (κ1) is 22.4. The van der Waals surface area contributed by atoms with Gasteiger partial charge in [-0.25, -0.2) is 17.4 Å². The number of aromatic nitrogens is 2. The first-order valence-corrected chi connectivity index (χ1v) is 11.8. The van der Waals surface area contributed by atoms with Gasteiger partial charge in [0.2, 0.25) is 10.0 Å². The maximum Gasteiger partial charge on any atom is 0.259 e. The van der Waals surface area contributed by atoms with Gasteiger partial charge in [0.15, 0.2) is 0 Å². The van der Waals surface area contributed by atoms with Gasteiger partial charge in [-0.15, -0.1) is 0 Å². The van der Waals surface area contributed by atoms with E-state index < -0.39 is 10.0 Å². The van der Waals surface area contributed by atoms with E-state index in [1.165, 1.54) is 20.2 Å². The van der Waals surface area contributed by atoms with Gasteiger partial charge in [-0.05, 0) is 36.8 Å². The van der Waals surface area contributed by atoms with Crippen molar-refractivity contribution in [3.8, 4) is 16.9 Å². The lowest BCUT2D eigenvalue weighted by molar-refractivity contribution is 0.102. The Labute approximate surface area is 193 Å². The minimum absolute atomic E-state index is 0.147. The van der Waals surface area contributed by atoms with Crippen LogP contribution < -0.4 is 5.32 Å². The lowest BCUT2D eigenvalue weighted by Crippen LogP contribution is -2.23. The van der Waals surface area contributed by atoms with E-state index in [1.807, 2.05) is 60.7 Å². The molecule has 0 spiro atoms. The summed E-state index contributed by atoms with van der Waals surface area (Å²) < 4.78 is 28.1. The van der Waals surface area contributed by atoms with Crippen LogP contribution >= 0.6 is 0 Å². The lowest BCUT2D eigenvalue weighted by atomic mass is 10.1. The third kappa shape index (κ3) is 4.57. The summed E-state index contributed by atoms with van der Waals surface area (Å²) in [6.45, 7) is 1.72. The van der Waals surface area contributed by atoms with Crippen LogP contribution in [0.15, 0.2) is 90.0 Å². The highest BCUT2D eigenvalue weighted by molar-refractivity contribution is 7.89. The first-order valence-electron chi connectivity index (χ1n) is 10.3. The molecule has 0 aliphatic heterocycles. The van der Waals surface area contributed by atoms with E-state index in [1.54, 1.807) is 29.9 Å². The average Bonchev–Trinajstić information content (AvgIpc) is 3.27. The number of nitrogens with zero attached hydrogens (tertiary/aromatic N) is 3. The normalized spacial score (nSPS) is 11.5. The van der Waals surface area contributed by atoms with E-state index in [2.05, 4.69) is 10.4 Å². The fourth-order valence-corrected chi connectivity index (χ4v) is 4.56. The molecule has 1 heterocycles. The standard InChI is InChI=1S/C25H24N4O3S/c1-18-14-15-20(16-23(18)33(31,32)28(2)3)26-25(30)22-17-29(21-12-8-5-9-13-21)27-24(22)19-10-6-4-7-11-19/h4-17H,1-3H3,(H,26,30). The van der Waals surface area contributed by atoms with Crippen molar-refractivity contribution in [2.24, 2.45) is 0 Å². The molecule has 1 amide bonds. The van der Waals surface area contributed by atoms with Crippen molar-refractivity contribution >= 4 is 21.6 Å². The van der Waals surface area contributed by atoms with Gasteiger partial charge in [-0.1, -0.05) is 54.6 Å². The maximum atomic E-state index is 13.3. The van der Waals surface area contributed by atoms with Crippen molar-refractivity contribution in [1.29, 1.82) is 0 Å². The molecule has 0 aliphatic rings. The molecule has 168 valence electrons. The van der Waals surface area contributed by atoms with Crippen LogP contribution in [0.25, 0.3) is 16.9 Å². The Balaban J connectivity index is 1.74. The minimum Gasteiger partial charge on any atom is -0.322 e. The topological polar surface area (TPSA) is 84.3 Å². The minimum atomic E-state index is -3.65. The summed E-state index contributed by atoms with van der Waals surface area (Å²) in [6, 6.07) is 23.8. The highest BCUT2D eigenvalue weighted by atomic mass is 32.2. The smallest absolute Gasteiger partial charge is 0.259 e. The highest BCUT2D eigenvalue weighted by Crippen LogP contribution is 2.26. The average molecular weight is 461 g/mol. The summed E-state index contributed by atoms with van der Waals surface area (Å²) in [5.74, 6) is -0.381. The third-order valence-corrected chi connectivity index (χ3v) is 7.19. The Morgan fingerprint density at radius 1 is 0.939 bits per heavy atom. The molecule has 4 aromatic rings. The molecule has 0 aliphatic carbocycles. The number of aryl methyl sites for hydroxylation is 1. The molecular formula is C25H24N4O3S. The Morgan fingerprint density at radius 2 is 1.58 bits per heavy atom. The fourth-order valence-electron chi connectivity index (χ4n) is 3.41. The molecule has 1 aromatic heterocycles. The van der Waals surface area contributed by atoms with Crippen LogP contribution in [0.5, 0.6) is 0 Å². The van der Waals surface area contributed by atoms with Gasteiger partial charge in [-0.3, -0.25) is 4.79 Å². The zero-order valence-electron chi connectivity index (χ0n) is 18.6. The van der Waals surface area contributed by atoms with Crippen molar-refractivity contribution in [2.45, 2.75) is 11.8 Å². The molecule has 0 bridgehead atoms. The summed E-state index contributed by atoms with van der Waals surface area (Å²) >= 11 is 0. The second-order valence-electron chi connectivity index (χ2n) is 7.76. The number of rotatable bonds is 6. The monoisotopic (exact) mass is 460 g/mol. The quantitative estimate of drug-likeness (QED) is 0.464. The van der Waals surface area contributed by atoms with E-state index in [4.69, 9.17) is 0 Å². The summed E-state index contributed by atoms with van der Waals surface area (Å²) in [7, 11) is -0.695. The number of carbonyl (C=O) groups is 1. The fraction of sp³-hybridized carbons (Fsp3) is 0.120. The number of hydrogen-bond donors (Lipinski definition) is 1. The van der Waals surface area contributed by atoms with Crippen LogP contribution in [0, 0.1) is 6.92 Å². The predicted octanol–water partition coefficient (Wildman–Crippen LogP) is 4.35. The molecule has 33 heavy (non-hydrogen) atoms. The van der Waals surface area contributed by atoms with Gasteiger partial charge in [0.05, 0.1) is 16.1 Å². The number of sulfonamides is 1. The van der Waals surface area contributed by atoms with Crippen LogP contribution in [-0.2, 0) is 10.0 Å². The number of amides is 1. The summed E-state index contributed by atoms with van der Waals surface area (Å²) in [5, 5.41) is 7.50. The maximum absolute atomic E-state index is 13.3. The number of hydrogen-bond acceptors (Lipinski definition) is 4. The van der Waals surface area contributed by atoms with Crippen molar-refractivity contribution in [2.75, 3.05) is 19.4 Å². The van der Waals surface area contributed by atoms with Gasteiger partial charge in [-0.2, -0.15) is 5.10 Å². The Morgan fingerprint density at radius 3 is 2.21 bits per heavy atom. The summed E-state index contributed by atoms with van der Waals surface area (Å²) in [6.07, 6.45) is 1.68. The zero-order chi connectivity index (χ0) is 23.6. The third-order valence-electron chi connectivity index (χ3n) is 5.23. The Kier molecular flexibility index (Phi) is 6.13. The molecule has 0 saturated heterocycles. The molecule has 0 radical (unpaired) electrons. The van der Waals surface area contributed by atoms with E-state index in [-0.39, 0.29) is 10.8 Å². The SMILES string of the molecule is Cc1ccc(NC(=O)c2cn(-c3ccccc3)nc2-c2ccccc2)cc1S(=O)(=O)N(C)C. The van der Waals surface area contributed by atoms with Crippen LogP contribution in [-0.4, -0.2) is 42.5 Å². The molecular weight excluding hydrogens is 436 g/mol. The van der Waals surface area contributed by atoms with Gasteiger partial charge in [0.1, 0.15) is 5.69 Å². The molecule has 8 heteroatoms. The predicted molar refractivity (Wildman–Crippen MR) is 129 cm³/mol. The van der Waals surface area contributed by atoms with E-state index >= 15 is 0 Å². The summed E-state index contributed by atoms with van der Waals surface area (Å²) in [4.78, 5) is 13.5. The second-order valence-corrected chi connectivity index (χ2v) is 9.88. The van der Waals surface area contributed by atoms with Gasteiger partial charge in [0.25, 0.3) is 5.91 Å². The van der Waals surface area contributed by atoms with Crippen molar-refractivity contribution in [3.05, 3.63) is 96.2 Å². The highest BCUT2D eigenvalue weighted by Gasteiger charge is 2.22. The zero-order valence-corrected chi connectivity index (χ0v) is 19.4. The first-order chi connectivity index (χ1) is 15.8. The molecule has 0 saturated carbocycles. The lowest BCUT2D eigenvalue weighted by Gasteiger charge is -2.15. The van der Waals surface area contributed by atoms with E-state index in [0.717, 1.165) is 15.6 Å². The van der Waals surface area contributed by atoms with Crippen molar-refractivity contribution < 1.29 is 13.2 Å². The summed E-state index contributed by atoms with van der Waals surface area (Å²) in [5.41, 5.74) is 3.52. The molecule has 0 atom stereocenters. The van der Waals surface area contributed by atoms with E-state index in [0.29, 0.717) is 22.5 Å². The molecule has 0 fully saturated rings. The molecule has 7 nitrogen and oxygen atoms in total. The molecule has 4 rings (SSSR count). The number of para-hydroxylation sites is 1. The number of anilines is 1. The van der Waals surface area contributed by atoms with Gasteiger partial charge < -0.3 is 5.32 Å². The van der Waals surface area contributed by atoms with Crippen molar-refractivity contribution in [1.82, 2.24) is 14.1 Å².